The number of hydrogen-bond donors (Lipinski definition) is 0. The van der Waals surface area contributed by atoms with Crippen LogP contribution in [-0.2, 0) is 0 Å². The van der Waals surface area contributed by atoms with E-state index in [1.54, 1.807) is 0 Å². The Balaban J connectivity index is 1.11. The Kier molecular flexibility index (Phi) is 6.76. The first-order valence-electron chi connectivity index (χ1n) is 18.8. The minimum Gasteiger partial charge on any atom is -0.309 e. The van der Waals surface area contributed by atoms with Crippen molar-refractivity contribution < 1.29 is 0 Å². The van der Waals surface area contributed by atoms with Gasteiger partial charge >= 0.3 is 0 Å². The van der Waals surface area contributed by atoms with Crippen LogP contribution in [0.2, 0.25) is 0 Å². The maximum absolute atomic E-state index is 5.23. The first-order valence-corrected chi connectivity index (χ1v) is 19.7. The number of rotatable bonds is 4. The van der Waals surface area contributed by atoms with E-state index in [9.17, 15) is 0 Å². The number of benzene rings is 9. The number of nitrogens with zero attached hydrogens (tertiary/aromatic N) is 4. The maximum Gasteiger partial charge on any atom is 0.164 e. The van der Waals surface area contributed by atoms with E-state index in [0.717, 1.165) is 33.2 Å². The third-order valence-corrected chi connectivity index (χ3v) is 12.3. The van der Waals surface area contributed by atoms with E-state index in [-0.39, 0.29) is 0 Å². The lowest BCUT2D eigenvalue weighted by Gasteiger charge is -2.11. The van der Waals surface area contributed by atoms with Crippen LogP contribution in [0.1, 0.15) is 0 Å². The molecule has 3 aromatic heterocycles. The van der Waals surface area contributed by atoms with Gasteiger partial charge in [0.05, 0.1) is 11.0 Å². The van der Waals surface area contributed by atoms with E-state index < -0.39 is 0 Å². The molecule has 3 heterocycles. The summed E-state index contributed by atoms with van der Waals surface area (Å²) in [6.07, 6.45) is 0. The average Bonchev–Trinajstić information content (AvgIpc) is 3.79. The van der Waals surface area contributed by atoms with Crippen molar-refractivity contribution in [2.75, 3.05) is 0 Å². The summed E-state index contributed by atoms with van der Waals surface area (Å²) in [6, 6.07) is 65.2. The smallest absolute Gasteiger partial charge is 0.164 e. The molecule has 0 bridgehead atoms. The van der Waals surface area contributed by atoms with Gasteiger partial charge in [0.25, 0.3) is 0 Å². The summed E-state index contributed by atoms with van der Waals surface area (Å²) in [7, 11) is 0. The van der Waals surface area contributed by atoms with E-state index in [1.807, 2.05) is 29.5 Å². The fraction of sp³-hybridized carbons (Fsp3) is 0. The SMILES string of the molecule is c1ccc(-c2nc(-c3ccc4ccccc4c3)nc(-c3cccc4sc5ccc(-n6c7cc8ccccc8cc7c7cc8ccccc8cc76)cc5c34)n2)cc1. The molecule has 12 aromatic rings. The highest BCUT2D eigenvalue weighted by Crippen LogP contribution is 2.43. The van der Waals surface area contributed by atoms with Crippen LogP contribution >= 0.6 is 11.3 Å². The third kappa shape index (κ3) is 4.88. The monoisotopic (exact) mass is 730 g/mol. The molecule has 12 rings (SSSR count). The molecule has 0 spiro atoms. The summed E-state index contributed by atoms with van der Waals surface area (Å²) >= 11 is 1.81. The molecule has 0 amide bonds. The van der Waals surface area contributed by atoms with Crippen molar-refractivity contribution in [1.82, 2.24) is 19.5 Å². The van der Waals surface area contributed by atoms with Crippen molar-refractivity contribution in [3.8, 4) is 39.9 Å². The zero-order chi connectivity index (χ0) is 36.7. The second-order valence-corrected chi connectivity index (χ2v) is 15.5. The van der Waals surface area contributed by atoms with Crippen LogP contribution in [-0.4, -0.2) is 19.5 Å². The Morgan fingerprint density at radius 1 is 0.357 bits per heavy atom. The van der Waals surface area contributed by atoms with Crippen LogP contribution in [0.3, 0.4) is 0 Å². The van der Waals surface area contributed by atoms with Crippen LogP contribution in [0.4, 0.5) is 0 Å². The molecule has 5 heteroatoms. The molecule has 0 aliphatic rings. The van der Waals surface area contributed by atoms with Gasteiger partial charge in [0.2, 0.25) is 0 Å². The van der Waals surface area contributed by atoms with Gasteiger partial charge in [0.1, 0.15) is 0 Å². The summed E-state index contributed by atoms with van der Waals surface area (Å²) in [6.45, 7) is 0. The van der Waals surface area contributed by atoms with Gasteiger partial charge in [-0.2, -0.15) is 0 Å². The molecule has 0 N–H and O–H groups in total. The van der Waals surface area contributed by atoms with E-state index in [4.69, 9.17) is 15.0 Å². The number of hydrogen-bond acceptors (Lipinski definition) is 4. The first-order chi connectivity index (χ1) is 27.7. The lowest BCUT2D eigenvalue weighted by Crippen LogP contribution is -2.00. The molecule has 9 aromatic carbocycles. The molecule has 0 aliphatic carbocycles. The molecule has 260 valence electrons. The zero-order valence-electron chi connectivity index (χ0n) is 30.0. The molecular weight excluding hydrogens is 701 g/mol. The molecule has 0 atom stereocenters. The highest BCUT2D eigenvalue weighted by molar-refractivity contribution is 7.26. The largest absolute Gasteiger partial charge is 0.309 e. The fourth-order valence-corrected chi connectivity index (χ4v) is 9.59. The summed E-state index contributed by atoms with van der Waals surface area (Å²) in [5.41, 5.74) is 6.41. The van der Waals surface area contributed by atoms with Crippen molar-refractivity contribution >= 4 is 85.6 Å². The van der Waals surface area contributed by atoms with Crippen molar-refractivity contribution in [2.24, 2.45) is 0 Å². The first kappa shape index (κ1) is 31.2. The Hall–Kier alpha value is -7.21. The Morgan fingerprint density at radius 3 is 1.61 bits per heavy atom. The molecule has 0 fully saturated rings. The van der Waals surface area contributed by atoms with Crippen molar-refractivity contribution in [2.45, 2.75) is 0 Å². The Morgan fingerprint density at radius 2 is 0.929 bits per heavy atom. The predicted octanol–water partition coefficient (Wildman–Crippen LogP) is 13.8. The molecule has 0 saturated heterocycles. The second-order valence-electron chi connectivity index (χ2n) is 14.5. The van der Waals surface area contributed by atoms with Crippen LogP contribution in [0.25, 0.3) is 114 Å². The Bertz CT molecular complexity index is 3450. The lowest BCUT2D eigenvalue weighted by molar-refractivity contribution is 1.08. The summed E-state index contributed by atoms with van der Waals surface area (Å²) < 4.78 is 4.87. The van der Waals surface area contributed by atoms with E-state index >= 15 is 0 Å². The van der Waals surface area contributed by atoms with Crippen LogP contribution in [0, 0.1) is 0 Å². The number of fused-ring (bicyclic) bond motifs is 9. The van der Waals surface area contributed by atoms with Gasteiger partial charge in [-0.25, -0.2) is 15.0 Å². The summed E-state index contributed by atoms with van der Waals surface area (Å²) in [5.74, 6) is 1.97. The van der Waals surface area contributed by atoms with Gasteiger partial charge in [-0.3, -0.25) is 0 Å². The molecule has 0 saturated carbocycles. The van der Waals surface area contributed by atoms with Gasteiger partial charge in [0.15, 0.2) is 17.5 Å². The molecular formula is C51H30N4S. The normalized spacial score (nSPS) is 11.9. The van der Waals surface area contributed by atoms with Gasteiger partial charge in [0, 0.05) is 53.3 Å². The van der Waals surface area contributed by atoms with Gasteiger partial charge in [-0.05, 0) is 86.9 Å². The number of aromatic nitrogens is 4. The second kappa shape index (κ2) is 12.2. The van der Waals surface area contributed by atoms with Gasteiger partial charge < -0.3 is 4.57 Å². The van der Waals surface area contributed by atoms with E-state index in [2.05, 4.69) is 168 Å². The quantitative estimate of drug-likeness (QED) is 0.181. The minimum atomic E-state index is 0.653. The van der Waals surface area contributed by atoms with Crippen LogP contribution < -0.4 is 0 Å². The van der Waals surface area contributed by atoms with E-state index in [1.165, 1.54) is 63.5 Å². The van der Waals surface area contributed by atoms with Gasteiger partial charge in [-0.1, -0.05) is 127 Å². The highest BCUT2D eigenvalue weighted by Gasteiger charge is 2.20. The maximum atomic E-state index is 5.23. The van der Waals surface area contributed by atoms with Gasteiger partial charge in [-0.15, -0.1) is 11.3 Å². The van der Waals surface area contributed by atoms with Crippen molar-refractivity contribution in [3.63, 3.8) is 0 Å². The van der Waals surface area contributed by atoms with E-state index in [0.29, 0.717) is 17.5 Å². The van der Waals surface area contributed by atoms with Crippen LogP contribution in [0.5, 0.6) is 0 Å². The highest BCUT2D eigenvalue weighted by atomic mass is 32.1. The van der Waals surface area contributed by atoms with Crippen molar-refractivity contribution in [1.29, 1.82) is 0 Å². The molecule has 0 unspecified atom stereocenters. The molecule has 56 heavy (non-hydrogen) atoms. The predicted molar refractivity (Wildman–Crippen MR) is 236 cm³/mol. The zero-order valence-corrected chi connectivity index (χ0v) is 30.8. The lowest BCUT2D eigenvalue weighted by atomic mass is 10.0. The molecule has 0 radical (unpaired) electrons. The molecule has 4 nitrogen and oxygen atoms in total. The minimum absolute atomic E-state index is 0.653. The molecule has 0 aliphatic heterocycles. The third-order valence-electron chi connectivity index (χ3n) is 11.2. The van der Waals surface area contributed by atoms with Crippen molar-refractivity contribution in [3.05, 3.63) is 182 Å². The Labute approximate surface area is 325 Å². The fourth-order valence-electron chi connectivity index (χ4n) is 8.48. The topological polar surface area (TPSA) is 43.6 Å². The standard InChI is InChI=1S/C51H30N4S/c1-2-12-32(13-3-1)49-52-50(38-22-21-31-11-4-5-14-33(31)25-38)54-51(53-49)40-19-10-20-47-48(40)43-30-39(23-24-46(43)56-47)55-44-28-36-17-8-6-15-34(36)26-41(44)42-27-35-16-7-9-18-37(35)29-45(42)55/h1-30H. The number of thiophene rings is 1. The summed E-state index contributed by atoms with van der Waals surface area (Å²) in [5, 5.41) is 12.1. The van der Waals surface area contributed by atoms with Crippen LogP contribution in [0.15, 0.2) is 182 Å². The summed E-state index contributed by atoms with van der Waals surface area (Å²) in [4.78, 5) is 15.5. The average molecular weight is 731 g/mol.